The van der Waals surface area contributed by atoms with Crippen LogP contribution in [0.25, 0.3) is 0 Å². The maximum Gasteiger partial charge on any atom is 0.324 e. The highest BCUT2D eigenvalue weighted by Gasteiger charge is 2.44. The number of nitrogens with zero attached hydrogens (tertiary/aromatic N) is 1. The zero-order valence-corrected chi connectivity index (χ0v) is 8.54. The van der Waals surface area contributed by atoms with Crippen molar-refractivity contribution in [3.63, 3.8) is 0 Å². The van der Waals surface area contributed by atoms with Gasteiger partial charge in [-0.15, -0.1) is 0 Å². The average molecular weight is 222 g/mol. The first-order chi connectivity index (χ1) is 7.63. The van der Waals surface area contributed by atoms with Gasteiger partial charge in [0.1, 0.15) is 6.04 Å². The lowest BCUT2D eigenvalue weighted by atomic mass is 10.1. The Balaban J connectivity index is 2.07. The molecule has 2 atom stereocenters. The van der Waals surface area contributed by atoms with Crippen molar-refractivity contribution in [1.82, 2.24) is 5.32 Å². The minimum absolute atomic E-state index is 0.0408. The molecule has 84 valence electrons. The molecule has 2 unspecified atom stereocenters. The number of hydrogen-bond acceptors (Lipinski definition) is 5. The first kappa shape index (κ1) is 10.6. The largest absolute Gasteiger partial charge is 0.468 e. The van der Waals surface area contributed by atoms with E-state index in [1.807, 2.05) is 0 Å². The lowest BCUT2D eigenvalue weighted by Gasteiger charge is -1.97. The Kier molecular flexibility index (Phi) is 2.57. The number of rotatable bonds is 3. The Morgan fingerprint density at radius 1 is 1.44 bits per heavy atom. The van der Waals surface area contributed by atoms with Crippen molar-refractivity contribution in [2.24, 2.45) is 0 Å². The van der Waals surface area contributed by atoms with Gasteiger partial charge in [-0.2, -0.15) is 0 Å². The van der Waals surface area contributed by atoms with Crippen LogP contribution in [0.2, 0.25) is 0 Å². The lowest BCUT2D eigenvalue weighted by molar-refractivity contribution is -0.384. The summed E-state index contributed by atoms with van der Waals surface area (Å²) in [5, 5.41) is 13.4. The van der Waals surface area contributed by atoms with Gasteiger partial charge in [-0.05, 0) is 5.56 Å². The van der Waals surface area contributed by atoms with E-state index in [9.17, 15) is 14.9 Å². The quantitative estimate of drug-likeness (QED) is 0.353. The van der Waals surface area contributed by atoms with E-state index in [2.05, 4.69) is 10.1 Å². The van der Waals surface area contributed by atoms with Crippen molar-refractivity contribution in [3.8, 4) is 0 Å². The summed E-state index contributed by atoms with van der Waals surface area (Å²) >= 11 is 0. The van der Waals surface area contributed by atoms with Crippen LogP contribution in [-0.2, 0) is 9.53 Å². The van der Waals surface area contributed by atoms with Crippen LogP contribution in [0.1, 0.15) is 11.6 Å². The molecule has 1 aliphatic heterocycles. The van der Waals surface area contributed by atoms with Gasteiger partial charge >= 0.3 is 5.97 Å². The lowest BCUT2D eigenvalue weighted by Crippen LogP contribution is -2.11. The number of ether oxygens (including phenoxy) is 1. The van der Waals surface area contributed by atoms with Gasteiger partial charge in [-0.1, -0.05) is 12.1 Å². The third-order valence-corrected chi connectivity index (χ3v) is 2.50. The Morgan fingerprint density at radius 3 is 2.56 bits per heavy atom. The molecule has 0 aromatic heterocycles. The van der Waals surface area contributed by atoms with E-state index in [-0.39, 0.29) is 23.7 Å². The van der Waals surface area contributed by atoms with Crippen molar-refractivity contribution in [2.45, 2.75) is 12.1 Å². The second-order valence-corrected chi connectivity index (χ2v) is 3.49. The molecule has 0 aliphatic carbocycles. The smallest absolute Gasteiger partial charge is 0.324 e. The van der Waals surface area contributed by atoms with Crippen LogP contribution in [-0.4, -0.2) is 24.0 Å². The maximum atomic E-state index is 11.1. The number of carbonyl (C=O) groups excluding carboxylic acids is 1. The maximum absolute atomic E-state index is 11.1. The van der Waals surface area contributed by atoms with Crippen molar-refractivity contribution >= 4 is 11.7 Å². The highest BCUT2D eigenvalue weighted by molar-refractivity contribution is 5.80. The Hall–Kier alpha value is -1.95. The molecule has 0 spiro atoms. The molecule has 0 amide bonds. The molecule has 1 aliphatic rings. The molecule has 6 nitrogen and oxygen atoms in total. The summed E-state index contributed by atoms with van der Waals surface area (Å²) in [4.78, 5) is 21.1. The van der Waals surface area contributed by atoms with Crippen molar-refractivity contribution in [3.05, 3.63) is 39.9 Å². The Labute approximate surface area is 91.4 Å². The number of esters is 1. The first-order valence-corrected chi connectivity index (χ1v) is 4.71. The van der Waals surface area contributed by atoms with E-state index in [1.54, 1.807) is 12.1 Å². The molecule has 16 heavy (non-hydrogen) atoms. The predicted molar refractivity (Wildman–Crippen MR) is 54.8 cm³/mol. The minimum atomic E-state index is -0.456. The van der Waals surface area contributed by atoms with Crippen LogP contribution in [0.15, 0.2) is 24.3 Å². The van der Waals surface area contributed by atoms with Crippen LogP contribution < -0.4 is 5.32 Å². The summed E-state index contributed by atoms with van der Waals surface area (Å²) < 4.78 is 4.58. The molecule has 1 saturated heterocycles. The van der Waals surface area contributed by atoms with Gasteiger partial charge in [0.2, 0.25) is 0 Å². The summed E-state index contributed by atoms with van der Waals surface area (Å²) in [5.74, 6) is -0.316. The molecular formula is C10H10N2O4. The summed E-state index contributed by atoms with van der Waals surface area (Å²) in [6, 6.07) is 5.70. The van der Waals surface area contributed by atoms with Gasteiger partial charge in [0.15, 0.2) is 0 Å². The van der Waals surface area contributed by atoms with Gasteiger partial charge in [-0.3, -0.25) is 20.2 Å². The molecule has 6 heteroatoms. The molecule has 1 fully saturated rings. The highest BCUT2D eigenvalue weighted by Crippen LogP contribution is 2.31. The van der Waals surface area contributed by atoms with Crippen molar-refractivity contribution in [1.29, 1.82) is 0 Å². The fraction of sp³-hybridized carbons (Fsp3) is 0.300. The zero-order chi connectivity index (χ0) is 11.7. The highest BCUT2D eigenvalue weighted by atomic mass is 16.6. The zero-order valence-electron chi connectivity index (χ0n) is 8.54. The number of carbonyl (C=O) groups is 1. The second-order valence-electron chi connectivity index (χ2n) is 3.49. The van der Waals surface area contributed by atoms with E-state index >= 15 is 0 Å². The van der Waals surface area contributed by atoms with Crippen LogP contribution in [0, 0.1) is 10.1 Å². The number of methoxy groups -OCH3 is 1. The van der Waals surface area contributed by atoms with Gasteiger partial charge in [0.05, 0.1) is 18.1 Å². The normalized spacial score (nSPS) is 22.6. The molecule has 1 heterocycles. The molecule has 0 radical (unpaired) electrons. The second kappa shape index (κ2) is 3.90. The van der Waals surface area contributed by atoms with Gasteiger partial charge in [0, 0.05) is 12.1 Å². The average Bonchev–Trinajstić information content (AvgIpc) is 3.08. The van der Waals surface area contributed by atoms with Gasteiger partial charge in [-0.25, -0.2) is 0 Å². The summed E-state index contributed by atoms with van der Waals surface area (Å²) in [5.41, 5.74) is 0.889. The summed E-state index contributed by atoms with van der Waals surface area (Å²) in [6.45, 7) is 0. The number of non-ortho nitro benzene ring substituents is 1. The molecule has 0 saturated carbocycles. The molecule has 2 rings (SSSR count). The number of nitro groups is 1. The number of hydrogen-bond donors (Lipinski definition) is 1. The van der Waals surface area contributed by atoms with E-state index in [4.69, 9.17) is 0 Å². The molecule has 1 aromatic carbocycles. The number of nitrogens with one attached hydrogen (secondary N) is 1. The van der Waals surface area contributed by atoms with Crippen LogP contribution in [0.3, 0.4) is 0 Å². The Morgan fingerprint density at radius 2 is 2.06 bits per heavy atom. The number of benzene rings is 1. The van der Waals surface area contributed by atoms with Crippen molar-refractivity contribution in [2.75, 3.05) is 7.11 Å². The van der Waals surface area contributed by atoms with E-state index in [1.165, 1.54) is 19.2 Å². The molecule has 1 aromatic rings. The monoisotopic (exact) mass is 222 g/mol. The van der Waals surface area contributed by atoms with Gasteiger partial charge < -0.3 is 4.74 Å². The fourth-order valence-corrected chi connectivity index (χ4v) is 1.56. The van der Waals surface area contributed by atoms with Gasteiger partial charge in [0.25, 0.3) is 5.69 Å². The topological polar surface area (TPSA) is 91.4 Å². The summed E-state index contributed by atoms with van der Waals surface area (Å²) in [6.07, 6.45) is 0. The molecule has 0 bridgehead atoms. The predicted octanol–water partition coefficient (Wildman–Crippen LogP) is 0.781. The number of nitro benzene ring substituents is 1. The standard InChI is InChI=1S/C10H10N2O4/c1-16-10(13)9-8(11-9)6-2-4-7(5-3-6)12(14)15/h2-5,8-9,11H,1H3. The van der Waals surface area contributed by atoms with Crippen molar-refractivity contribution < 1.29 is 14.5 Å². The SMILES string of the molecule is COC(=O)C1NC1c1ccc([N+](=O)[O-])cc1. The third-order valence-electron chi connectivity index (χ3n) is 2.50. The van der Waals surface area contributed by atoms with E-state index in [0.29, 0.717) is 0 Å². The fourth-order valence-electron chi connectivity index (χ4n) is 1.56. The molecule has 1 N–H and O–H groups in total. The van der Waals surface area contributed by atoms with E-state index < -0.39 is 4.92 Å². The van der Waals surface area contributed by atoms with Crippen LogP contribution in [0.5, 0.6) is 0 Å². The molecular weight excluding hydrogens is 212 g/mol. The third kappa shape index (κ3) is 1.87. The van der Waals surface area contributed by atoms with Crippen LogP contribution in [0.4, 0.5) is 5.69 Å². The van der Waals surface area contributed by atoms with E-state index in [0.717, 1.165) is 5.56 Å². The Bertz CT molecular complexity index is 429. The summed E-state index contributed by atoms with van der Waals surface area (Å²) in [7, 11) is 1.33. The minimum Gasteiger partial charge on any atom is -0.468 e. The van der Waals surface area contributed by atoms with Crippen LogP contribution >= 0.6 is 0 Å². The first-order valence-electron chi connectivity index (χ1n) is 4.71.